The van der Waals surface area contributed by atoms with Crippen molar-refractivity contribution < 1.29 is 13.5 Å². The highest BCUT2D eigenvalue weighted by molar-refractivity contribution is 7.89. The molecule has 4 nitrogen and oxygen atoms in total. The molecule has 0 bridgehead atoms. The molecule has 1 heterocycles. The molecule has 0 aromatic heterocycles. The molecule has 1 aliphatic heterocycles. The van der Waals surface area contributed by atoms with Crippen molar-refractivity contribution in [1.82, 2.24) is 4.31 Å². The molecule has 0 spiro atoms. The van der Waals surface area contributed by atoms with Gasteiger partial charge in [0.15, 0.2) is 0 Å². The van der Waals surface area contributed by atoms with Gasteiger partial charge in [0.2, 0.25) is 10.0 Å². The molecular formula is C14H19NO3S. The fourth-order valence-corrected chi connectivity index (χ4v) is 3.87. The third-order valence-electron chi connectivity index (χ3n) is 3.58. The van der Waals surface area contributed by atoms with Crippen LogP contribution in [0.15, 0.2) is 34.7 Å². The Labute approximate surface area is 114 Å². The van der Waals surface area contributed by atoms with Gasteiger partial charge < -0.3 is 5.11 Å². The Morgan fingerprint density at radius 1 is 1.32 bits per heavy atom. The quantitative estimate of drug-likeness (QED) is 0.860. The molecule has 0 atom stereocenters. The van der Waals surface area contributed by atoms with Gasteiger partial charge in [-0.1, -0.05) is 23.8 Å². The summed E-state index contributed by atoms with van der Waals surface area (Å²) in [5, 5.41) is 9.24. The fourth-order valence-electron chi connectivity index (χ4n) is 2.22. The van der Waals surface area contributed by atoms with Crippen LogP contribution in [0.5, 0.6) is 0 Å². The second-order valence-corrected chi connectivity index (χ2v) is 6.77. The minimum atomic E-state index is -3.47. The first-order chi connectivity index (χ1) is 8.96. The summed E-state index contributed by atoms with van der Waals surface area (Å²) in [6.45, 7) is 4.56. The van der Waals surface area contributed by atoms with Crippen LogP contribution >= 0.6 is 0 Å². The Morgan fingerprint density at radius 2 is 2.05 bits per heavy atom. The van der Waals surface area contributed by atoms with Crippen molar-refractivity contribution in [2.75, 3.05) is 13.1 Å². The third kappa shape index (κ3) is 2.73. The van der Waals surface area contributed by atoms with E-state index in [2.05, 4.69) is 0 Å². The predicted molar refractivity (Wildman–Crippen MR) is 74.2 cm³/mol. The van der Waals surface area contributed by atoms with Gasteiger partial charge in [-0.15, -0.1) is 0 Å². The number of benzene rings is 1. The summed E-state index contributed by atoms with van der Waals surface area (Å²) in [6, 6.07) is 5.03. The van der Waals surface area contributed by atoms with Gasteiger partial charge in [0.1, 0.15) is 0 Å². The minimum Gasteiger partial charge on any atom is -0.392 e. The van der Waals surface area contributed by atoms with E-state index in [1.807, 2.05) is 13.0 Å². The largest absolute Gasteiger partial charge is 0.392 e. The summed E-state index contributed by atoms with van der Waals surface area (Å²) in [4.78, 5) is 0.298. The van der Waals surface area contributed by atoms with Crippen LogP contribution in [0.1, 0.15) is 24.5 Å². The van der Waals surface area contributed by atoms with E-state index in [-0.39, 0.29) is 6.61 Å². The van der Waals surface area contributed by atoms with Crippen molar-refractivity contribution in [3.8, 4) is 0 Å². The van der Waals surface area contributed by atoms with Crippen LogP contribution in [0.25, 0.3) is 0 Å². The number of sulfonamides is 1. The Balaban J connectivity index is 2.40. The van der Waals surface area contributed by atoms with Crippen molar-refractivity contribution >= 4 is 10.0 Å². The minimum absolute atomic E-state index is 0.145. The molecule has 1 aliphatic rings. The van der Waals surface area contributed by atoms with Gasteiger partial charge >= 0.3 is 0 Å². The summed E-state index contributed by atoms with van der Waals surface area (Å²) < 4.78 is 26.7. The Morgan fingerprint density at radius 3 is 2.63 bits per heavy atom. The maximum atomic E-state index is 12.6. The number of hydrogen-bond donors (Lipinski definition) is 1. The topological polar surface area (TPSA) is 57.6 Å². The second-order valence-electron chi connectivity index (χ2n) is 4.86. The standard InChI is InChI=1S/C14H19NO3S/c1-11-6-8-15(9-7-11)19(17,18)14-5-3-4-13(10-16)12(14)2/h3-6,16H,7-10H2,1-2H3. The maximum absolute atomic E-state index is 12.6. The van der Waals surface area contributed by atoms with Crippen LogP contribution in [0.3, 0.4) is 0 Å². The molecule has 0 saturated carbocycles. The molecule has 104 valence electrons. The summed E-state index contributed by atoms with van der Waals surface area (Å²) in [6.07, 6.45) is 2.73. The molecule has 1 aromatic rings. The Kier molecular flexibility index (Phi) is 4.08. The van der Waals surface area contributed by atoms with E-state index in [0.29, 0.717) is 29.1 Å². The molecule has 0 unspecified atom stereocenters. The lowest BCUT2D eigenvalue weighted by molar-refractivity contribution is 0.280. The Hall–Kier alpha value is -1.17. The second kappa shape index (κ2) is 5.45. The number of hydrogen-bond acceptors (Lipinski definition) is 3. The van der Waals surface area contributed by atoms with Crippen LogP contribution in [0.4, 0.5) is 0 Å². The van der Waals surface area contributed by atoms with E-state index in [9.17, 15) is 13.5 Å². The maximum Gasteiger partial charge on any atom is 0.243 e. The molecular weight excluding hydrogens is 262 g/mol. The average Bonchev–Trinajstić information content (AvgIpc) is 2.39. The molecule has 0 amide bonds. The van der Waals surface area contributed by atoms with E-state index >= 15 is 0 Å². The van der Waals surface area contributed by atoms with Gasteiger partial charge in [-0.3, -0.25) is 0 Å². The molecule has 19 heavy (non-hydrogen) atoms. The van der Waals surface area contributed by atoms with Crippen molar-refractivity contribution in [3.63, 3.8) is 0 Å². The van der Waals surface area contributed by atoms with Gasteiger partial charge in [0.25, 0.3) is 0 Å². The number of aliphatic hydroxyl groups is 1. The van der Waals surface area contributed by atoms with Gasteiger partial charge in [0.05, 0.1) is 11.5 Å². The van der Waals surface area contributed by atoms with E-state index in [1.54, 1.807) is 25.1 Å². The van der Waals surface area contributed by atoms with Crippen molar-refractivity contribution in [3.05, 3.63) is 41.0 Å². The third-order valence-corrected chi connectivity index (χ3v) is 5.59. The molecule has 5 heteroatoms. The van der Waals surface area contributed by atoms with Crippen molar-refractivity contribution in [2.45, 2.75) is 31.8 Å². The molecule has 0 radical (unpaired) electrons. The monoisotopic (exact) mass is 281 g/mol. The zero-order valence-corrected chi connectivity index (χ0v) is 12.1. The van der Waals surface area contributed by atoms with Crippen LogP contribution < -0.4 is 0 Å². The number of aliphatic hydroxyl groups excluding tert-OH is 1. The first-order valence-corrected chi connectivity index (χ1v) is 7.76. The van der Waals surface area contributed by atoms with Crippen LogP contribution in [-0.4, -0.2) is 30.9 Å². The lowest BCUT2D eigenvalue weighted by Gasteiger charge is -2.25. The van der Waals surface area contributed by atoms with E-state index in [4.69, 9.17) is 0 Å². The van der Waals surface area contributed by atoms with E-state index < -0.39 is 10.0 Å². The normalized spacial score (nSPS) is 17.3. The summed E-state index contributed by atoms with van der Waals surface area (Å²) >= 11 is 0. The predicted octanol–water partition coefficient (Wildman–Crippen LogP) is 1.83. The lowest BCUT2D eigenvalue weighted by Crippen LogP contribution is -2.35. The molecule has 0 fully saturated rings. The SMILES string of the molecule is CC1=CCN(S(=O)(=O)c2cccc(CO)c2C)CC1. The van der Waals surface area contributed by atoms with Crippen molar-refractivity contribution in [2.24, 2.45) is 0 Å². The fraction of sp³-hybridized carbons (Fsp3) is 0.429. The first kappa shape index (κ1) is 14.2. The van der Waals surface area contributed by atoms with Gasteiger partial charge in [-0.25, -0.2) is 8.42 Å². The molecule has 2 rings (SSSR count). The zero-order valence-electron chi connectivity index (χ0n) is 11.3. The average molecular weight is 281 g/mol. The highest BCUT2D eigenvalue weighted by atomic mass is 32.2. The molecule has 0 saturated heterocycles. The smallest absolute Gasteiger partial charge is 0.243 e. The van der Waals surface area contributed by atoms with Crippen molar-refractivity contribution in [1.29, 1.82) is 0 Å². The Bertz CT molecular complexity index is 605. The van der Waals surface area contributed by atoms with Crippen LogP contribution in [0, 0.1) is 6.92 Å². The van der Waals surface area contributed by atoms with Gasteiger partial charge in [-0.05, 0) is 37.5 Å². The van der Waals surface area contributed by atoms with E-state index in [0.717, 1.165) is 6.42 Å². The number of rotatable bonds is 3. The summed E-state index contributed by atoms with van der Waals surface area (Å²) in [5.41, 5.74) is 2.52. The highest BCUT2D eigenvalue weighted by Gasteiger charge is 2.27. The van der Waals surface area contributed by atoms with E-state index in [1.165, 1.54) is 9.88 Å². The zero-order chi connectivity index (χ0) is 14.0. The molecule has 1 aromatic carbocycles. The van der Waals surface area contributed by atoms with Crippen LogP contribution in [-0.2, 0) is 16.6 Å². The van der Waals surface area contributed by atoms with Gasteiger partial charge in [-0.2, -0.15) is 4.31 Å². The van der Waals surface area contributed by atoms with Crippen LogP contribution in [0.2, 0.25) is 0 Å². The molecule has 0 aliphatic carbocycles. The summed E-state index contributed by atoms with van der Waals surface area (Å²) in [7, 11) is -3.47. The van der Waals surface area contributed by atoms with Gasteiger partial charge in [0, 0.05) is 13.1 Å². The molecule has 1 N–H and O–H groups in total. The highest BCUT2D eigenvalue weighted by Crippen LogP contribution is 2.24. The lowest BCUT2D eigenvalue weighted by atomic mass is 10.1. The number of nitrogens with zero attached hydrogens (tertiary/aromatic N) is 1. The summed E-state index contributed by atoms with van der Waals surface area (Å²) in [5.74, 6) is 0. The first-order valence-electron chi connectivity index (χ1n) is 6.32.